The molecule has 0 heterocycles. The molecular formula is C17H12ClF3N2O3. The summed E-state index contributed by atoms with van der Waals surface area (Å²) in [6.45, 7) is 0.121. The van der Waals surface area contributed by atoms with Gasteiger partial charge in [0, 0.05) is 24.8 Å². The zero-order valence-electron chi connectivity index (χ0n) is 13.1. The van der Waals surface area contributed by atoms with E-state index < -0.39 is 27.6 Å². The van der Waals surface area contributed by atoms with Crippen LogP contribution in [0.15, 0.2) is 48.5 Å². The molecule has 0 fully saturated rings. The summed E-state index contributed by atoms with van der Waals surface area (Å²) in [4.78, 5) is 21.8. The number of nitro groups is 1. The van der Waals surface area contributed by atoms with E-state index in [1.807, 2.05) is 0 Å². The Kier molecular flexibility index (Phi) is 5.99. The predicted molar refractivity (Wildman–Crippen MR) is 90.4 cm³/mol. The lowest BCUT2D eigenvalue weighted by molar-refractivity contribution is -0.384. The molecule has 0 saturated carbocycles. The number of carbonyl (C=O) groups is 1. The Bertz CT molecular complexity index is 849. The summed E-state index contributed by atoms with van der Waals surface area (Å²) in [5.74, 6) is -0.521. The highest BCUT2D eigenvalue weighted by atomic mass is 35.5. The van der Waals surface area contributed by atoms with Crippen LogP contribution in [0.1, 0.15) is 16.7 Å². The van der Waals surface area contributed by atoms with Gasteiger partial charge in [0.05, 0.1) is 15.5 Å². The molecule has 0 spiro atoms. The minimum Gasteiger partial charge on any atom is -0.348 e. The standard InChI is InChI=1S/C17H12ClF3N2O3/c18-15-7-3-11(9-14(15)17(19,20)21)4-8-16(24)22-10-12-1-5-13(6-2-12)23(25)26/h1-9H,10H2,(H,22,24). The molecule has 2 aromatic carbocycles. The van der Waals surface area contributed by atoms with Gasteiger partial charge in [-0.15, -0.1) is 0 Å². The highest BCUT2D eigenvalue weighted by molar-refractivity contribution is 6.31. The molecule has 0 bridgehead atoms. The maximum Gasteiger partial charge on any atom is 0.417 e. The zero-order valence-corrected chi connectivity index (χ0v) is 13.8. The zero-order chi connectivity index (χ0) is 19.3. The van der Waals surface area contributed by atoms with Crippen LogP contribution in [0, 0.1) is 10.1 Å². The molecule has 0 aliphatic rings. The maximum absolute atomic E-state index is 12.8. The van der Waals surface area contributed by atoms with E-state index in [-0.39, 0.29) is 17.8 Å². The first-order valence-electron chi connectivity index (χ1n) is 7.23. The average molecular weight is 385 g/mol. The van der Waals surface area contributed by atoms with E-state index >= 15 is 0 Å². The van der Waals surface area contributed by atoms with Crippen molar-refractivity contribution in [3.63, 3.8) is 0 Å². The molecule has 0 radical (unpaired) electrons. The second kappa shape index (κ2) is 8.01. The van der Waals surface area contributed by atoms with Crippen LogP contribution in [0.4, 0.5) is 18.9 Å². The average Bonchev–Trinajstić information content (AvgIpc) is 2.58. The van der Waals surface area contributed by atoms with Gasteiger partial charge >= 0.3 is 6.18 Å². The number of non-ortho nitro benzene ring substituents is 1. The van der Waals surface area contributed by atoms with E-state index in [2.05, 4.69) is 5.32 Å². The minimum atomic E-state index is -4.58. The lowest BCUT2D eigenvalue weighted by Crippen LogP contribution is -2.20. The van der Waals surface area contributed by atoms with Crippen molar-refractivity contribution in [2.75, 3.05) is 0 Å². The summed E-state index contributed by atoms with van der Waals surface area (Å²) in [5, 5.41) is 12.7. The molecule has 2 rings (SSSR count). The molecule has 1 N–H and O–H groups in total. The summed E-state index contributed by atoms with van der Waals surface area (Å²) in [6, 6.07) is 8.93. The SMILES string of the molecule is O=C(C=Cc1ccc(Cl)c(C(F)(F)F)c1)NCc1ccc([N+](=O)[O-])cc1. The van der Waals surface area contributed by atoms with Crippen molar-refractivity contribution in [2.45, 2.75) is 12.7 Å². The first-order valence-corrected chi connectivity index (χ1v) is 7.60. The third-order valence-electron chi connectivity index (χ3n) is 3.34. The fraction of sp³-hybridized carbons (Fsp3) is 0.118. The molecule has 9 heteroatoms. The van der Waals surface area contributed by atoms with Gasteiger partial charge in [-0.25, -0.2) is 0 Å². The lowest BCUT2D eigenvalue weighted by Gasteiger charge is -2.09. The largest absolute Gasteiger partial charge is 0.417 e. The Hall–Kier alpha value is -2.87. The Morgan fingerprint density at radius 1 is 1.19 bits per heavy atom. The molecule has 0 aromatic heterocycles. The molecule has 136 valence electrons. The summed E-state index contributed by atoms with van der Waals surface area (Å²) in [6.07, 6.45) is -2.26. The van der Waals surface area contributed by atoms with Crippen molar-refractivity contribution in [3.05, 3.63) is 80.4 Å². The van der Waals surface area contributed by atoms with Gasteiger partial charge in [0.15, 0.2) is 0 Å². The molecule has 1 amide bonds. The van der Waals surface area contributed by atoms with Crippen LogP contribution in [0.3, 0.4) is 0 Å². The van der Waals surface area contributed by atoms with Crippen LogP contribution >= 0.6 is 11.6 Å². The van der Waals surface area contributed by atoms with E-state index in [0.717, 1.165) is 18.2 Å². The van der Waals surface area contributed by atoms with E-state index in [1.54, 1.807) is 0 Å². The fourth-order valence-corrected chi connectivity index (χ4v) is 2.24. The monoisotopic (exact) mass is 384 g/mol. The van der Waals surface area contributed by atoms with E-state index in [9.17, 15) is 28.1 Å². The number of nitrogens with one attached hydrogen (secondary N) is 1. The van der Waals surface area contributed by atoms with Gasteiger partial charge in [0.1, 0.15) is 0 Å². The molecule has 0 aliphatic carbocycles. The molecule has 0 aliphatic heterocycles. The van der Waals surface area contributed by atoms with Crippen LogP contribution in [-0.2, 0) is 17.5 Å². The van der Waals surface area contributed by atoms with Crippen molar-refractivity contribution in [1.29, 1.82) is 0 Å². The number of nitro benzene ring substituents is 1. The first-order chi connectivity index (χ1) is 12.2. The third kappa shape index (κ3) is 5.32. The molecule has 26 heavy (non-hydrogen) atoms. The number of carbonyl (C=O) groups excluding carboxylic acids is 1. The lowest BCUT2D eigenvalue weighted by atomic mass is 10.1. The van der Waals surface area contributed by atoms with Crippen LogP contribution in [0.25, 0.3) is 6.08 Å². The van der Waals surface area contributed by atoms with Gasteiger partial charge in [-0.3, -0.25) is 14.9 Å². The number of nitrogens with zero attached hydrogens (tertiary/aromatic N) is 1. The predicted octanol–water partition coefficient (Wildman–Crippen LogP) is 4.60. The van der Waals surface area contributed by atoms with E-state index in [4.69, 9.17) is 11.6 Å². The van der Waals surface area contributed by atoms with E-state index in [0.29, 0.717) is 5.56 Å². The number of alkyl halides is 3. The van der Waals surface area contributed by atoms with Crippen LogP contribution in [0.5, 0.6) is 0 Å². The van der Waals surface area contributed by atoms with Gasteiger partial charge in [0.2, 0.25) is 5.91 Å². The molecule has 0 unspecified atom stereocenters. The Morgan fingerprint density at radius 3 is 2.42 bits per heavy atom. The molecule has 0 atom stereocenters. The molecule has 5 nitrogen and oxygen atoms in total. The van der Waals surface area contributed by atoms with Crippen molar-refractivity contribution in [1.82, 2.24) is 5.32 Å². The van der Waals surface area contributed by atoms with Crippen molar-refractivity contribution >= 4 is 29.3 Å². The van der Waals surface area contributed by atoms with Gasteiger partial charge < -0.3 is 5.32 Å². The number of rotatable bonds is 5. The molecule has 2 aromatic rings. The van der Waals surface area contributed by atoms with Gasteiger partial charge in [0.25, 0.3) is 5.69 Å². The van der Waals surface area contributed by atoms with Crippen LogP contribution in [0.2, 0.25) is 5.02 Å². The van der Waals surface area contributed by atoms with Crippen molar-refractivity contribution in [3.8, 4) is 0 Å². The summed E-state index contributed by atoms with van der Waals surface area (Å²) in [5.41, 5.74) is -0.230. The Balaban J connectivity index is 1.98. The van der Waals surface area contributed by atoms with Crippen molar-refractivity contribution in [2.24, 2.45) is 0 Å². The highest BCUT2D eigenvalue weighted by Gasteiger charge is 2.33. The Labute approximate surface area is 151 Å². The van der Waals surface area contributed by atoms with Gasteiger partial charge in [-0.1, -0.05) is 29.8 Å². The number of hydrogen-bond donors (Lipinski definition) is 1. The molecule has 0 saturated heterocycles. The fourth-order valence-electron chi connectivity index (χ4n) is 2.02. The highest BCUT2D eigenvalue weighted by Crippen LogP contribution is 2.35. The second-order valence-corrected chi connectivity index (χ2v) is 5.62. The smallest absolute Gasteiger partial charge is 0.348 e. The molecular weight excluding hydrogens is 373 g/mol. The summed E-state index contributed by atoms with van der Waals surface area (Å²) < 4.78 is 38.4. The number of benzene rings is 2. The first kappa shape index (κ1) is 19.5. The second-order valence-electron chi connectivity index (χ2n) is 5.21. The summed E-state index contributed by atoms with van der Waals surface area (Å²) >= 11 is 5.53. The van der Waals surface area contributed by atoms with Crippen LogP contribution in [-0.4, -0.2) is 10.8 Å². The third-order valence-corrected chi connectivity index (χ3v) is 3.67. The minimum absolute atomic E-state index is 0.0665. The van der Waals surface area contributed by atoms with Gasteiger partial charge in [-0.2, -0.15) is 13.2 Å². The van der Waals surface area contributed by atoms with Crippen LogP contribution < -0.4 is 5.32 Å². The number of amides is 1. The normalized spacial score (nSPS) is 11.5. The van der Waals surface area contributed by atoms with Crippen molar-refractivity contribution < 1.29 is 22.9 Å². The van der Waals surface area contributed by atoms with E-state index in [1.165, 1.54) is 36.4 Å². The topological polar surface area (TPSA) is 72.2 Å². The summed E-state index contributed by atoms with van der Waals surface area (Å²) in [7, 11) is 0. The maximum atomic E-state index is 12.8. The Morgan fingerprint density at radius 2 is 1.85 bits per heavy atom. The quantitative estimate of drug-likeness (QED) is 0.465. The number of hydrogen-bond acceptors (Lipinski definition) is 3. The van der Waals surface area contributed by atoms with Gasteiger partial charge in [-0.05, 0) is 29.3 Å². The number of halogens is 4.